The van der Waals surface area contributed by atoms with Crippen molar-refractivity contribution in [2.75, 3.05) is 18.4 Å². The SMILES string of the molecule is CCCN(CC(=O)Nc1ccc(Cl)cc1)C(=O)c1ccc(CN)cc1.Cl. The normalized spacial score (nSPS) is 9.96. The minimum absolute atomic E-state index is 0. The number of halogens is 2. The maximum atomic E-state index is 12.7. The fourth-order valence-corrected chi connectivity index (χ4v) is 2.52. The summed E-state index contributed by atoms with van der Waals surface area (Å²) < 4.78 is 0. The number of carbonyl (C=O) groups excluding carboxylic acids is 2. The van der Waals surface area contributed by atoms with Gasteiger partial charge in [-0.1, -0.05) is 30.7 Å². The van der Waals surface area contributed by atoms with Crippen LogP contribution in [0.5, 0.6) is 0 Å². The molecule has 0 heterocycles. The van der Waals surface area contributed by atoms with Crippen molar-refractivity contribution in [2.45, 2.75) is 19.9 Å². The van der Waals surface area contributed by atoms with E-state index < -0.39 is 0 Å². The van der Waals surface area contributed by atoms with Crippen LogP contribution in [0.3, 0.4) is 0 Å². The smallest absolute Gasteiger partial charge is 0.254 e. The van der Waals surface area contributed by atoms with Gasteiger partial charge in [0, 0.05) is 29.4 Å². The molecule has 0 fully saturated rings. The summed E-state index contributed by atoms with van der Waals surface area (Å²) in [5.74, 6) is -0.417. The number of anilines is 1. The number of hydrogen-bond donors (Lipinski definition) is 2. The van der Waals surface area contributed by atoms with Crippen LogP contribution in [0.15, 0.2) is 48.5 Å². The average molecular weight is 396 g/mol. The van der Waals surface area contributed by atoms with E-state index in [0.29, 0.717) is 29.4 Å². The third kappa shape index (κ3) is 6.33. The first-order valence-corrected chi connectivity index (χ1v) is 8.55. The molecule has 5 nitrogen and oxygen atoms in total. The predicted octanol–water partition coefficient (Wildman–Crippen LogP) is 3.71. The monoisotopic (exact) mass is 395 g/mol. The van der Waals surface area contributed by atoms with Crippen molar-refractivity contribution in [1.29, 1.82) is 0 Å². The van der Waals surface area contributed by atoms with Crippen LogP contribution < -0.4 is 11.1 Å². The molecule has 2 rings (SSSR count). The lowest BCUT2D eigenvalue weighted by Crippen LogP contribution is -2.38. The molecule has 0 saturated heterocycles. The van der Waals surface area contributed by atoms with Crippen molar-refractivity contribution < 1.29 is 9.59 Å². The Morgan fingerprint density at radius 1 is 1.08 bits per heavy atom. The van der Waals surface area contributed by atoms with Crippen LogP contribution in [0.25, 0.3) is 0 Å². The summed E-state index contributed by atoms with van der Waals surface area (Å²) in [6.45, 7) is 2.89. The van der Waals surface area contributed by atoms with Gasteiger partial charge in [-0.05, 0) is 48.4 Å². The van der Waals surface area contributed by atoms with Gasteiger partial charge in [0.15, 0.2) is 0 Å². The second kappa shape index (κ2) is 10.8. The van der Waals surface area contributed by atoms with Crippen molar-refractivity contribution >= 4 is 41.5 Å². The highest BCUT2D eigenvalue weighted by molar-refractivity contribution is 6.30. The molecule has 26 heavy (non-hydrogen) atoms. The van der Waals surface area contributed by atoms with E-state index in [1.165, 1.54) is 0 Å². The molecule has 0 aliphatic carbocycles. The molecule has 0 radical (unpaired) electrons. The van der Waals surface area contributed by atoms with Crippen LogP contribution in [0.4, 0.5) is 5.69 Å². The molecule has 0 saturated carbocycles. The van der Waals surface area contributed by atoms with E-state index in [9.17, 15) is 9.59 Å². The zero-order valence-electron chi connectivity index (χ0n) is 14.6. The quantitative estimate of drug-likeness (QED) is 0.749. The first-order chi connectivity index (χ1) is 12.0. The lowest BCUT2D eigenvalue weighted by Gasteiger charge is -2.22. The van der Waals surface area contributed by atoms with Gasteiger partial charge in [0.2, 0.25) is 5.91 Å². The minimum atomic E-state index is -0.247. The van der Waals surface area contributed by atoms with Gasteiger partial charge in [-0.25, -0.2) is 0 Å². The number of nitrogens with one attached hydrogen (secondary N) is 1. The Kier molecular flexibility index (Phi) is 9.13. The topological polar surface area (TPSA) is 75.4 Å². The molecule has 2 amide bonds. The molecule has 140 valence electrons. The van der Waals surface area contributed by atoms with Gasteiger partial charge in [-0.15, -0.1) is 12.4 Å². The van der Waals surface area contributed by atoms with Crippen LogP contribution in [-0.2, 0) is 11.3 Å². The fraction of sp³-hybridized carbons (Fsp3) is 0.263. The van der Waals surface area contributed by atoms with E-state index in [1.807, 2.05) is 19.1 Å². The Bertz CT molecular complexity index is 719. The maximum Gasteiger partial charge on any atom is 0.254 e. The number of amides is 2. The Hall–Kier alpha value is -2.08. The Labute approximate surface area is 164 Å². The second-order valence-corrected chi connectivity index (χ2v) is 6.12. The Morgan fingerprint density at radius 2 is 1.69 bits per heavy atom. The van der Waals surface area contributed by atoms with Gasteiger partial charge in [0.25, 0.3) is 5.91 Å². The molecule has 0 aromatic heterocycles. The number of nitrogens with zero attached hydrogens (tertiary/aromatic N) is 1. The van der Waals surface area contributed by atoms with E-state index in [1.54, 1.807) is 41.3 Å². The van der Waals surface area contributed by atoms with Crippen LogP contribution in [0, 0.1) is 0 Å². The summed E-state index contributed by atoms with van der Waals surface area (Å²) in [6.07, 6.45) is 0.765. The van der Waals surface area contributed by atoms with E-state index in [0.717, 1.165) is 12.0 Å². The predicted molar refractivity (Wildman–Crippen MR) is 108 cm³/mol. The van der Waals surface area contributed by atoms with E-state index in [2.05, 4.69) is 5.32 Å². The molecule has 3 N–H and O–H groups in total. The Balaban J connectivity index is 0.00000338. The van der Waals surface area contributed by atoms with E-state index in [-0.39, 0.29) is 30.8 Å². The maximum absolute atomic E-state index is 12.7. The molecule has 2 aromatic rings. The van der Waals surface area contributed by atoms with Crippen LogP contribution >= 0.6 is 24.0 Å². The standard InChI is InChI=1S/C19H22ClN3O2.ClH/c1-2-11-23(19(25)15-5-3-14(12-21)4-6-15)13-18(24)22-17-9-7-16(20)8-10-17;/h3-10H,2,11-13,21H2,1H3,(H,22,24);1H. The summed E-state index contributed by atoms with van der Waals surface area (Å²) in [7, 11) is 0. The van der Waals surface area contributed by atoms with Crippen LogP contribution in [0.1, 0.15) is 29.3 Å². The summed E-state index contributed by atoms with van der Waals surface area (Å²) in [6, 6.07) is 14.0. The Morgan fingerprint density at radius 3 is 2.23 bits per heavy atom. The summed E-state index contributed by atoms with van der Waals surface area (Å²) in [4.78, 5) is 26.5. The third-order valence-electron chi connectivity index (χ3n) is 3.68. The second-order valence-electron chi connectivity index (χ2n) is 5.68. The van der Waals surface area contributed by atoms with Crippen molar-refractivity contribution in [3.05, 3.63) is 64.7 Å². The van der Waals surface area contributed by atoms with E-state index >= 15 is 0 Å². The van der Waals surface area contributed by atoms with Crippen molar-refractivity contribution in [3.63, 3.8) is 0 Å². The largest absolute Gasteiger partial charge is 0.329 e. The highest BCUT2D eigenvalue weighted by atomic mass is 35.5. The molecular weight excluding hydrogens is 373 g/mol. The van der Waals surface area contributed by atoms with Gasteiger partial charge in [0.05, 0.1) is 0 Å². The summed E-state index contributed by atoms with van der Waals surface area (Å²) in [5.41, 5.74) is 7.72. The average Bonchev–Trinajstić information content (AvgIpc) is 2.63. The third-order valence-corrected chi connectivity index (χ3v) is 3.93. The fourth-order valence-electron chi connectivity index (χ4n) is 2.40. The van der Waals surface area contributed by atoms with E-state index in [4.69, 9.17) is 17.3 Å². The van der Waals surface area contributed by atoms with Crippen molar-refractivity contribution in [1.82, 2.24) is 4.90 Å². The molecule has 0 atom stereocenters. The van der Waals surface area contributed by atoms with Gasteiger partial charge >= 0.3 is 0 Å². The van der Waals surface area contributed by atoms with Gasteiger partial charge in [0.1, 0.15) is 6.54 Å². The number of hydrogen-bond acceptors (Lipinski definition) is 3. The van der Waals surface area contributed by atoms with Gasteiger partial charge in [-0.3, -0.25) is 9.59 Å². The zero-order chi connectivity index (χ0) is 18.2. The molecule has 7 heteroatoms. The molecule has 0 aliphatic rings. The van der Waals surface area contributed by atoms with Crippen LogP contribution in [0.2, 0.25) is 5.02 Å². The zero-order valence-corrected chi connectivity index (χ0v) is 16.1. The molecule has 0 unspecified atom stereocenters. The molecule has 0 spiro atoms. The highest BCUT2D eigenvalue weighted by Gasteiger charge is 2.18. The molecule has 0 bridgehead atoms. The first-order valence-electron chi connectivity index (χ1n) is 8.17. The number of nitrogens with two attached hydrogens (primary N) is 1. The van der Waals surface area contributed by atoms with Gasteiger partial charge in [-0.2, -0.15) is 0 Å². The lowest BCUT2D eigenvalue weighted by atomic mass is 10.1. The summed E-state index contributed by atoms with van der Waals surface area (Å²) >= 11 is 5.83. The van der Waals surface area contributed by atoms with Crippen molar-refractivity contribution in [2.24, 2.45) is 5.73 Å². The van der Waals surface area contributed by atoms with Crippen LogP contribution in [-0.4, -0.2) is 29.8 Å². The molecule has 0 aliphatic heterocycles. The highest BCUT2D eigenvalue weighted by Crippen LogP contribution is 2.14. The lowest BCUT2D eigenvalue weighted by molar-refractivity contribution is -0.116. The van der Waals surface area contributed by atoms with Crippen molar-refractivity contribution in [3.8, 4) is 0 Å². The van der Waals surface area contributed by atoms with Gasteiger partial charge < -0.3 is 16.0 Å². The first kappa shape index (κ1) is 22.0. The minimum Gasteiger partial charge on any atom is -0.329 e. The molecular formula is C19H23Cl2N3O2. The number of carbonyl (C=O) groups is 2. The molecule has 2 aromatic carbocycles. The number of rotatable bonds is 7. The number of benzene rings is 2. The summed E-state index contributed by atoms with van der Waals surface area (Å²) in [5, 5.41) is 3.37.